The maximum Gasteiger partial charge on any atom is 0.253 e. The molecule has 1 amide bonds. The van der Waals surface area contributed by atoms with E-state index < -0.39 is 0 Å². The molecule has 19 heavy (non-hydrogen) atoms. The minimum Gasteiger partial charge on any atom is -0.384 e. The maximum absolute atomic E-state index is 12.5. The summed E-state index contributed by atoms with van der Waals surface area (Å²) in [5, 5.41) is 0. The molecule has 0 aromatic heterocycles. The van der Waals surface area contributed by atoms with Crippen LogP contribution in [0.1, 0.15) is 23.2 Å². The third kappa shape index (κ3) is 4.04. The Morgan fingerprint density at radius 2 is 2.05 bits per heavy atom. The first-order chi connectivity index (χ1) is 9.10. The molecule has 3 nitrogen and oxygen atoms in total. The van der Waals surface area contributed by atoms with Gasteiger partial charge in [0.2, 0.25) is 0 Å². The molecule has 0 N–H and O–H groups in total. The van der Waals surface area contributed by atoms with Gasteiger partial charge in [0.25, 0.3) is 5.91 Å². The van der Waals surface area contributed by atoms with Crippen LogP contribution in [-0.2, 0) is 4.74 Å². The molecule has 104 valence electrons. The monoisotopic (exact) mass is 389 g/mol. The number of likely N-dealkylation sites (tertiary alicyclic amines) is 1. The summed E-state index contributed by atoms with van der Waals surface area (Å²) in [6.45, 7) is 2.35. The number of rotatable bonds is 3. The average molecular weight is 391 g/mol. The van der Waals surface area contributed by atoms with Gasteiger partial charge < -0.3 is 9.64 Å². The normalized spacial score (nSPS) is 19.5. The number of carbonyl (C=O) groups is 1. The van der Waals surface area contributed by atoms with Gasteiger partial charge in [-0.2, -0.15) is 0 Å². The Kier molecular flexibility index (Phi) is 5.42. The third-order valence-electron chi connectivity index (χ3n) is 3.32. The minimum atomic E-state index is 0.0998. The lowest BCUT2D eigenvalue weighted by atomic mass is 9.98. The summed E-state index contributed by atoms with van der Waals surface area (Å²) in [5.74, 6) is 0.557. The second-order valence-corrected chi connectivity index (χ2v) is 6.70. The summed E-state index contributed by atoms with van der Waals surface area (Å²) in [6.07, 6.45) is 2.19. The van der Waals surface area contributed by atoms with Gasteiger partial charge in [0.15, 0.2) is 0 Å². The Morgan fingerprint density at radius 1 is 1.37 bits per heavy atom. The van der Waals surface area contributed by atoms with Crippen LogP contribution < -0.4 is 0 Å². The standard InChI is InChI=1S/C14H17Br2NO2/c1-19-9-10-3-2-4-17(8-10)14(18)11-5-12(15)7-13(16)6-11/h5-7,10H,2-4,8-9H2,1H3. The molecule has 1 aromatic carbocycles. The van der Waals surface area contributed by atoms with E-state index in [9.17, 15) is 4.79 Å². The number of ether oxygens (including phenoxy) is 1. The fraction of sp³-hybridized carbons (Fsp3) is 0.500. The highest BCUT2D eigenvalue weighted by atomic mass is 79.9. The van der Waals surface area contributed by atoms with Crippen molar-refractivity contribution >= 4 is 37.8 Å². The van der Waals surface area contributed by atoms with E-state index >= 15 is 0 Å². The number of piperidine rings is 1. The van der Waals surface area contributed by atoms with E-state index in [0.717, 1.165) is 47.0 Å². The molecule has 0 aliphatic carbocycles. The zero-order valence-electron chi connectivity index (χ0n) is 10.9. The minimum absolute atomic E-state index is 0.0998. The molecule has 1 heterocycles. The van der Waals surface area contributed by atoms with Crippen molar-refractivity contribution in [2.24, 2.45) is 5.92 Å². The number of methoxy groups -OCH3 is 1. The van der Waals surface area contributed by atoms with Crippen LogP contribution in [0.5, 0.6) is 0 Å². The largest absolute Gasteiger partial charge is 0.384 e. The maximum atomic E-state index is 12.5. The first-order valence-corrected chi connectivity index (χ1v) is 7.93. The number of hydrogen-bond donors (Lipinski definition) is 0. The number of benzene rings is 1. The smallest absolute Gasteiger partial charge is 0.253 e. The van der Waals surface area contributed by atoms with Gasteiger partial charge in [-0.15, -0.1) is 0 Å². The lowest BCUT2D eigenvalue weighted by Gasteiger charge is -2.32. The van der Waals surface area contributed by atoms with Gasteiger partial charge >= 0.3 is 0 Å². The van der Waals surface area contributed by atoms with Crippen molar-refractivity contribution in [3.05, 3.63) is 32.7 Å². The van der Waals surface area contributed by atoms with Crippen LogP contribution in [-0.4, -0.2) is 37.6 Å². The second kappa shape index (κ2) is 6.86. The van der Waals surface area contributed by atoms with Crippen molar-refractivity contribution in [2.75, 3.05) is 26.8 Å². The Balaban J connectivity index is 2.10. The van der Waals surface area contributed by atoms with E-state index in [4.69, 9.17) is 4.74 Å². The molecule has 0 saturated carbocycles. The van der Waals surface area contributed by atoms with Crippen LogP contribution in [0, 0.1) is 5.92 Å². The molecule has 1 aromatic rings. The average Bonchev–Trinajstić information content (AvgIpc) is 2.37. The van der Waals surface area contributed by atoms with E-state index in [1.54, 1.807) is 7.11 Å². The van der Waals surface area contributed by atoms with Crippen LogP contribution >= 0.6 is 31.9 Å². The fourth-order valence-corrected chi connectivity index (χ4v) is 3.77. The Bertz CT molecular complexity index is 443. The number of nitrogens with zero attached hydrogens (tertiary/aromatic N) is 1. The lowest BCUT2D eigenvalue weighted by molar-refractivity contribution is 0.0571. The number of halogens is 2. The summed E-state index contributed by atoms with van der Waals surface area (Å²) >= 11 is 6.84. The zero-order chi connectivity index (χ0) is 13.8. The van der Waals surface area contributed by atoms with Gasteiger partial charge in [0.1, 0.15) is 0 Å². The Labute approximate surface area is 130 Å². The molecule has 1 atom stereocenters. The molecule has 1 unspecified atom stereocenters. The highest BCUT2D eigenvalue weighted by Crippen LogP contribution is 2.23. The van der Waals surface area contributed by atoms with Gasteiger partial charge in [0.05, 0.1) is 6.61 Å². The van der Waals surface area contributed by atoms with Crippen LogP contribution in [0.15, 0.2) is 27.1 Å². The van der Waals surface area contributed by atoms with Crippen LogP contribution in [0.25, 0.3) is 0 Å². The number of amides is 1. The fourth-order valence-electron chi connectivity index (χ4n) is 2.48. The third-order valence-corrected chi connectivity index (χ3v) is 4.23. The van der Waals surface area contributed by atoms with Crippen molar-refractivity contribution in [3.63, 3.8) is 0 Å². The van der Waals surface area contributed by atoms with Crippen LogP contribution in [0.3, 0.4) is 0 Å². The van der Waals surface area contributed by atoms with Gasteiger partial charge in [-0.3, -0.25) is 4.79 Å². The summed E-state index contributed by atoms with van der Waals surface area (Å²) in [6, 6.07) is 5.67. The summed E-state index contributed by atoms with van der Waals surface area (Å²) < 4.78 is 7.03. The van der Waals surface area contributed by atoms with Crippen LogP contribution in [0.4, 0.5) is 0 Å². The highest BCUT2D eigenvalue weighted by molar-refractivity contribution is 9.11. The van der Waals surface area contributed by atoms with Gasteiger partial charge in [-0.1, -0.05) is 31.9 Å². The van der Waals surface area contributed by atoms with Gasteiger partial charge in [-0.25, -0.2) is 0 Å². The molecule has 2 rings (SSSR count). The molecule has 0 radical (unpaired) electrons. The Hall–Kier alpha value is -0.390. The van der Waals surface area contributed by atoms with Gasteiger partial charge in [0, 0.05) is 34.7 Å². The summed E-state index contributed by atoms with van der Waals surface area (Å²) in [7, 11) is 1.71. The lowest BCUT2D eigenvalue weighted by Crippen LogP contribution is -2.41. The van der Waals surface area contributed by atoms with E-state index in [1.807, 2.05) is 23.1 Å². The molecule has 1 aliphatic rings. The summed E-state index contributed by atoms with van der Waals surface area (Å²) in [5.41, 5.74) is 0.722. The number of carbonyl (C=O) groups excluding carboxylic acids is 1. The molecule has 0 bridgehead atoms. The van der Waals surface area contributed by atoms with E-state index in [2.05, 4.69) is 31.9 Å². The zero-order valence-corrected chi connectivity index (χ0v) is 14.0. The molecule has 0 spiro atoms. The van der Waals surface area contributed by atoms with E-state index in [-0.39, 0.29) is 5.91 Å². The molecule has 5 heteroatoms. The predicted octanol–water partition coefficient (Wildman–Crippen LogP) is 3.71. The van der Waals surface area contributed by atoms with Crippen molar-refractivity contribution in [2.45, 2.75) is 12.8 Å². The van der Waals surface area contributed by atoms with Crippen LogP contribution in [0.2, 0.25) is 0 Å². The molecule has 1 fully saturated rings. The van der Waals surface area contributed by atoms with Crippen molar-refractivity contribution in [1.82, 2.24) is 4.90 Å². The number of hydrogen-bond acceptors (Lipinski definition) is 2. The molecular formula is C14H17Br2NO2. The van der Waals surface area contributed by atoms with Crippen molar-refractivity contribution in [1.29, 1.82) is 0 Å². The topological polar surface area (TPSA) is 29.5 Å². The van der Waals surface area contributed by atoms with E-state index in [1.165, 1.54) is 0 Å². The predicted molar refractivity (Wildman–Crippen MR) is 82.3 cm³/mol. The first kappa shape index (κ1) is 15.0. The van der Waals surface area contributed by atoms with E-state index in [0.29, 0.717) is 5.92 Å². The molecular weight excluding hydrogens is 374 g/mol. The highest BCUT2D eigenvalue weighted by Gasteiger charge is 2.24. The first-order valence-electron chi connectivity index (χ1n) is 6.34. The molecule has 1 aliphatic heterocycles. The Morgan fingerprint density at radius 3 is 2.68 bits per heavy atom. The second-order valence-electron chi connectivity index (χ2n) is 4.87. The SMILES string of the molecule is COCC1CCCN(C(=O)c2cc(Br)cc(Br)c2)C1. The molecule has 1 saturated heterocycles. The van der Waals surface area contributed by atoms with Gasteiger partial charge in [-0.05, 0) is 37.0 Å². The quantitative estimate of drug-likeness (QED) is 0.787. The van der Waals surface area contributed by atoms with Crippen molar-refractivity contribution < 1.29 is 9.53 Å². The van der Waals surface area contributed by atoms with Crippen molar-refractivity contribution in [3.8, 4) is 0 Å². The summed E-state index contributed by atoms with van der Waals surface area (Å²) in [4.78, 5) is 14.4.